The molecule has 0 spiro atoms. The molecular formula is C8H14P. The molecule has 51 valence electrons. The predicted octanol–water partition coefficient (Wildman–Crippen LogP) is 2.44. The second-order valence-electron chi connectivity index (χ2n) is 3.34. The molecule has 0 amide bonds. The summed E-state index contributed by atoms with van der Waals surface area (Å²) in [7, 11) is 1.27. The van der Waals surface area contributed by atoms with Crippen molar-refractivity contribution >= 4 is 8.58 Å². The highest BCUT2D eigenvalue weighted by molar-refractivity contribution is 7.38. The SMILES string of the molecule is C1CPC[C]2CC(C1)C2. The van der Waals surface area contributed by atoms with Gasteiger partial charge in [-0.2, -0.15) is 0 Å². The summed E-state index contributed by atoms with van der Waals surface area (Å²) >= 11 is 0. The van der Waals surface area contributed by atoms with Gasteiger partial charge in [-0.3, -0.25) is 0 Å². The van der Waals surface area contributed by atoms with E-state index in [1.165, 1.54) is 46.6 Å². The van der Waals surface area contributed by atoms with E-state index in [1.54, 1.807) is 0 Å². The molecule has 2 aliphatic heterocycles. The molecule has 3 aliphatic rings. The molecule has 2 bridgehead atoms. The standard InChI is InChI=1S/C8H14P/c1-2-7-4-8(5-7)6-9-3-1/h7,9H,1-6H2. The van der Waals surface area contributed by atoms with Crippen LogP contribution in [0.2, 0.25) is 0 Å². The fourth-order valence-electron chi connectivity index (χ4n) is 1.89. The van der Waals surface area contributed by atoms with E-state index in [9.17, 15) is 0 Å². The number of fused-ring (bicyclic) bond motifs is 4. The van der Waals surface area contributed by atoms with E-state index in [-0.39, 0.29) is 0 Å². The van der Waals surface area contributed by atoms with E-state index >= 15 is 0 Å². The zero-order valence-corrected chi connectivity index (χ0v) is 6.82. The van der Waals surface area contributed by atoms with Crippen molar-refractivity contribution in [3.8, 4) is 0 Å². The summed E-state index contributed by atoms with van der Waals surface area (Å²) in [6.45, 7) is 0. The zero-order valence-electron chi connectivity index (χ0n) is 5.82. The van der Waals surface area contributed by atoms with Crippen LogP contribution in [0.1, 0.15) is 25.7 Å². The Morgan fingerprint density at radius 1 is 1.33 bits per heavy atom. The molecule has 2 heterocycles. The lowest BCUT2D eigenvalue weighted by molar-refractivity contribution is 0.330. The van der Waals surface area contributed by atoms with Crippen LogP contribution < -0.4 is 0 Å². The van der Waals surface area contributed by atoms with Crippen LogP contribution in [0.25, 0.3) is 0 Å². The number of rotatable bonds is 0. The summed E-state index contributed by atoms with van der Waals surface area (Å²) in [6, 6.07) is 0. The van der Waals surface area contributed by atoms with Crippen molar-refractivity contribution in [2.24, 2.45) is 5.92 Å². The molecule has 0 nitrogen and oxygen atoms in total. The molecule has 1 unspecified atom stereocenters. The Balaban J connectivity index is 1.85. The number of hydrogen-bond donors (Lipinski definition) is 0. The van der Waals surface area contributed by atoms with E-state index in [4.69, 9.17) is 0 Å². The molecule has 1 aliphatic carbocycles. The van der Waals surface area contributed by atoms with Gasteiger partial charge in [0.15, 0.2) is 0 Å². The van der Waals surface area contributed by atoms with Crippen molar-refractivity contribution < 1.29 is 0 Å². The summed E-state index contributed by atoms with van der Waals surface area (Å²) in [5, 5.41) is 0. The van der Waals surface area contributed by atoms with Gasteiger partial charge in [-0.1, -0.05) is 6.42 Å². The third-order valence-corrected chi connectivity index (χ3v) is 3.95. The first kappa shape index (κ1) is 6.16. The van der Waals surface area contributed by atoms with E-state index < -0.39 is 0 Å². The largest absolute Gasteiger partial charge is 0.122 e. The van der Waals surface area contributed by atoms with E-state index in [2.05, 4.69) is 0 Å². The molecule has 0 N–H and O–H groups in total. The third-order valence-electron chi connectivity index (χ3n) is 2.50. The highest BCUT2D eigenvalue weighted by Crippen LogP contribution is 2.44. The minimum Gasteiger partial charge on any atom is -0.122 e. The van der Waals surface area contributed by atoms with Crippen LogP contribution in [-0.2, 0) is 0 Å². The molecule has 1 saturated carbocycles. The minimum atomic E-state index is 1.13. The molecule has 1 radical (unpaired) electrons. The van der Waals surface area contributed by atoms with Crippen molar-refractivity contribution in [1.82, 2.24) is 0 Å². The summed E-state index contributed by atoms with van der Waals surface area (Å²) in [5.41, 5.74) is 0. The maximum Gasteiger partial charge on any atom is -0.0195 e. The van der Waals surface area contributed by atoms with Gasteiger partial charge >= 0.3 is 0 Å². The quantitative estimate of drug-likeness (QED) is 0.454. The van der Waals surface area contributed by atoms with Gasteiger partial charge in [0.05, 0.1) is 0 Å². The van der Waals surface area contributed by atoms with Gasteiger partial charge in [-0.05, 0) is 43.4 Å². The minimum absolute atomic E-state index is 1.13. The molecule has 0 aromatic heterocycles. The Morgan fingerprint density at radius 2 is 2.22 bits per heavy atom. The van der Waals surface area contributed by atoms with Crippen LogP contribution in [0, 0.1) is 11.8 Å². The van der Waals surface area contributed by atoms with Crippen molar-refractivity contribution in [2.45, 2.75) is 25.7 Å². The lowest BCUT2D eigenvalue weighted by Gasteiger charge is -2.37. The Morgan fingerprint density at radius 3 is 3.11 bits per heavy atom. The predicted molar refractivity (Wildman–Crippen MR) is 43.3 cm³/mol. The lowest BCUT2D eigenvalue weighted by atomic mass is 9.74. The van der Waals surface area contributed by atoms with Crippen LogP contribution in [0.5, 0.6) is 0 Å². The molecule has 3 rings (SSSR count). The maximum atomic E-state index is 1.89. The average molecular weight is 141 g/mol. The topological polar surface area (TPSA) is 0 Å². The zero-order chi connectivity index (χ0) is 6.10. The summed E-state index contributed by atoms with van der Waals surface area (Å²) in [4.78, 5) is 0. The van der Waals surface area contributed by atoms with Crippen LogP contribution >= 0.6 is 8.58 Å². The Hall–Kier alpha value is 0.430. The van der Waals surface area contributed by atoms with Crippen molar-refractivity contribution in [1.29, 1.82) is 0 Å². The van der Waals surface area contributed by atoms with Gasteiger partial charge in [0.1, 0.15) is 0 Å². The lowest BCUT2D eigenvalue weighted by Crippen LogP contribution is -2.24. The summed E-state index contributed by atoms with van der Waals surface area (Å²) in [6.07, 6.45) is 9.10. The Labute approximate surface area is 59.2 Å². The van der Waals surface area contributed by atoms with Gasteiger partial charge in [0.25, 0.3) is 0 Å². The van der Waals surface area contributed by atoms with Gasteiger partial charge < -0.3 is 0 Å². The van der Waals surface area contributed by atoms with Gasteiger partial charge in [-0.25, -0.2) is 0 Å². The molecule has 2 saturated heterocycles. The van der Waals surface area contributed by atoms with Gasteiger partial charge in [0.2, 0.25) is 0 Å². The highest BCUT2D eigenvalue weighted by Gasteiger charge is 2.29. The molecule has 1 heteroatoms. The molecule has 9 heavy (non-hydrogen) atoms. The summed E-state index contributed by atoms with van der Waals surface area (Å²) in [5.74, 6) is 3.02. The first-order chi connectivity index (χ1) is 4.45. The first-order valence-electron chi connectivity index (χ1n) is 3.99. The van der Waals surface area contributed by atoms with Gasteiger partial charge in [0, 0.05) is 0 Å². The second kappa shape index (κ2) is 2.58. The van der Waals surface area contributed by atoms with Crippen molar-refractivity contribution in [2.75, 3.05) is 12.3 Å². The third kappa shape index (κ3) is 1.29. The maximum absolute atomic E-state index is 1.89. The van der Waals surface area contributed by atoms with E-state index in [0.29, 0.717) is 0 Å². The van der Waals surface area contributed by atoms with Crippen molar-refractivity contribution in [3.05, 3.63) is 5.92 Å². The van der Waals surface area contributed by atoms with Crippen LogP contribution in [0.15, 0.2) is 0 Å². The Kier molecular flexibility index (Phi) is 1.77. The molecular weight excluding hydrogens is 127 g/mol. The smallest absolute Gasteiger partial charge is 0.0195 e. The average Bonchev–Trinajstić information content (AvgIpc) is 1.54. The molecule has 3 fully saturated rings. The second-order valence-corrected chi connectivity index (χ2v) is 4.70. The van der Waals surface area contributed by atoms with E-state index in [1.807, 2.05) is 5.92 Å². The fourth-order valence-corrected chi connectivity index (χ4v) is 3.16. The monoisotopic (exact) mass is 141 g/mol. The summed E-state index contributed by atoms with van der Waals surface area (Å²) < 4.78 is 0. The number of hydrogen-bond acceptors (Lipinski definition) is 0. The van der Waals surface area contributed by atoms with Crippen molar-refractivity contribution in [3.63, 3.8) is 0 Å². The fraction of sp³-hybridized carbons (Fsp3) is 0.875. The first-order valence-corrected chi connectivity index (χ1v) is 5.41. The molecule has 0 aromatic carbocycles. The van der Waals surface area contributed by atoms with Crippen LogP contribution in [-0.4, -0.2) is 12.3 Å². The normalized spacial score (nSPS) is 39.3. The Bertz CT molecular complexity index is 79.2. The van der Waals surface area contributed by atoms with Crippen LogP contribution in [0.3, 0.4) is 0 Å². The highest BCUT2D eigenvalue weighted by atomic mass is 31.1. The van der Waals surface area contributed by atoms with Crippen LogP contribution in [0.4, 0.5) is 0 Å². The van der Waals surface area contributed by atoms with Gasteiger partial charge in [-0.15, -0.1) is 8.58 Å². The molecule has 0 aromatic rings. The van der Waals surface area contributed by atoms with E-state index in [0.717, 1.165) is 5.92 Å². The molecule has 1 atom stereocenters.